The number of fused-ring (bicyclic) bond motifs is 1. The van der Waals surface area contributed by atoms with E-state index in [2.05, 4.69) is 10.9 Å². The summed E-state index contributed by atoms with van der Waals surface area (Å²) in [5.74, 6) is 0. The molecule has 2 unspecified atom stereocenters. The van der Waals surface area contributed by atoms with Gasteiger partial charge >= 0.3 is 0 Å². The van der Waals surface area contributed by atoms with E-state index in [1.165, 1.54) is 0 Å². The Hall–Kier alpha value is -0.140. The summed E-state index contributed by atoms with van der Waals surface area (Å²) in [6.07, 6.45) is 2.43. The van der Waals surface area contributed by atoms with E-state index in [9.17, 15) is 0 Å². The molecule has 1 heterocycles. The third-order valence-electron chi connectivity index (χ3n) is 2.49. The molecule has 1 aromatic heterocycles. The minimum absolute atomic E-state index is 0. The van der Waals surface area contributed by atoms with Gasteiger partial charge in [-0.1, -0.05) is 5.16 Å². The Balaban J connectivity index is 0.000000720. The lowest BCUT2D eigenvalue weighted by molar-refractivity contribution is -0.484. The standard InChI is InChI=1S/C7H11N3O.HI/c1-7(9)4-3-11-10-5(4)2-6(7)8;/h3,6H,2,8-9H2,1H3;1H. The van der Waals surface area contributed by atoms with Gasteiger partial charge in [0.15, 0.2) is 0 Å². The molecule has 1 aliphatic rings. The van der Waals surface area contributed by atoms with E-state index in [4.69, 9.17) is 10.3 Å². The fraction of sp³-hybridized carbons (Fsp3) is 0.571. The largest absolute Gasteiger partial charge is 1.00 e. The van der Waals surface area contributed by atoms with E-state index in [1.807, 2.05) is 6.92 Å². The maximum atomic E-state index is 5.86. The highest BCUT2D eigenvalue weighted by molar-refractivity contribution is 5.30. The van der Waals surface area contributed by atoms with Crippen LogP contribution >= 0.6 is 0 Å². The summed E-state index contributed by atoms with van der Waals surface area (Å²) >= 11 is 0. The summed E-state index contributed by atoms with van der Waals surface area (Å²) < 4.78 is 4.83. The van der Waals surface area contributed by atoms with Crippen LogP contribution in [0.15, 0.2) is 10.8 Å². The van der Waals surface area contributed by atoms with Gasteiger partial charge in [-0.05, 0) is 6.92 Å². The van der Waals surface area contributed by atoms with Gasteiger partial charge in [0.1, 0.15) is 11.8 Å². The second-order valence-electron chi connectivity index (χ2n) is 3.40. The SMILES string of the molecule is CC1([NH3+])c2conc2CC1N.[I-]. The number of hydrogen-bond acceptors (Lipinski definition) is 3. The van der Waals surface area contributed by atoms with Gasteiger partial charge in [0, 0.05) is 6.42 Å². The van der Waals surface area contributed by atoms with Gasteiger partial charge in [-0.15, -0.1) is 0 Å². The van der Waals surface area contributed by atoms with Gasteiger partial charge in [-0.3, -0.25) is 0 Å². The van der Waals surface area contributed by atoms with Crippen LogP contribution in [-0.4, -0.2) is 11.2 Å². The van der Waals surface area contributed by atoms with Gasteiger partial charge < -0.3 is 40.0 Å². The molecule has 0 aliphatic heterocycles. The van der Waals surface area contributed by atoms with Crippen molar-refractivity contribution in [3.63, 3.8) is 0 Å². The van der Waals surface area contributed by atoms with Crippen LogP contribution < -0.4 is 35.4 Å². The topological polar surface area (TPSA) is 79.7 Å². The highest BCUT2D eigenvalue weighted by Gasteiger charge is 2.44. The molecule has 68 valence electrons. The Morgan fingerprint density at radius 1 is 1.83 bits per heavy atom. The molecule has 0 fully saturated rings. The average molecular weight is 281 g/mol. The molecule has 0 saturated carbocycles. The van der Waals surface area contributed by atoms with E-state index < -0.39 is 0 Å². The van der Waals surface area contributed by atoms with Crippen molar-refractivity contribution in [2.45, 2.75) is 24.9 Å². The fourth-order valence-electron chi connectivity index (χ4n) is 1.50. The van der Waals surface area contributed by atoms with Crippen LogP contribution in [0, 0.1) is 0 Å². The van der Waals surface area contributed by atoms with Crippen LogP contribution in [0.4, 0.5) is 0 Å². The van der Waals surface area contributed by atoms with Crippen LogP contribution in [0.3, 0.4) is 0 Å². The number of hydrogen-bond donors (Lipinski definition) is 2. The second-order valence-corrected chi connectivity index (χ2v) is 3.40. The minimum Gasteiger partial charge on any atom is -1.00 e. The number of rotatable bonds is 0. The smallest absolute Gasteiger partial charge is 0.138 e. The van der Waals surface area contributed by atoms with Crippen LogP contribution in [0.25, 0.3) is 0 Å². The molecule has 4 nitrogen and oxygen atoms in total. The van der Waals surface area contributed by atoms with Crippen molar-refractivity contribution in [1.29, 1.82) is 0 Å². The zero-order chi connectivity index (χ0) is 8.06. The Morgan fingerprint density at radius 2 is 2.50 bits per heavy atom. The van der Waals surface area contributed by atoms with Crippen molar-refractivity contribution in [3.05, 3.63) is 17.5 Å². The van der Waals surface area contributed by atoms with Crippen LogP contribution in [-0.2, 0) is 12.0 Å². The van der Waals surface area contributed by atoms with Crippen molar-refractivity contribution >= 4 is 0 Å². The maximum absolute atomic E-state index is 5.86. The molecule has 0 radical (unpaired) electrons. The van der Waals surface area contributed by atoms with Gasteiger partial charge in [0.05, 0.1) is 17.3 Å². The maximum Gasteiger partial charge on any atom is 0.138 e. The lowest BCUT2D eigenvalue weighted by Crippen LogP contribution is -3.00. The molecule has 5 N–H and O–H groups in total. The first-order valence-corrected chi connectivity index (χ1v) is 3.67. The van der Waals surface area contributed by atoms with Crippen LogP contribution in [0.1, 0.15) is 18.2 Å². The van der Waals surface area contributed by atoms with Crippen molar-refractivity contribution < 1.29 is 34.2 Å². The third kappa shape index (κ3) is 1.16. The summed E-state index contributed by atoms with van der Waals surface area (Å²) in [4.78, 5) is 0. The Morgan fingerprint density at radius 3 is 3.08 bits per heavy atom. The first kappa shape index (κ1) is 9.94. The first-order valence-electron chi connectivity index (χ1n) is 3.67. The van der Waals surface area contributed by atoms with E-state index in [1.54, 1.807) is 6.26 Å². The van der Waals surface area contributed by atoms with Crippen molar-refractivity contribution in [3.8, 4) is 0 Å². The van der Waals surface area contributed by atoms with E-state index in [0.717, 1.165) is 17.7 Å². The molecule has 2 atom stereocenters. The highest BCUT2D eigenvalue weighted by atomic mass is 127. The highest BCUT2D eigenvalue weighted by Crippen LogP contribution is 2.30. The third-order valence-corrected chi connectivity index (χ3v) is 2.49. The first-order chi connectivity index (χ1) is 5.12. The zero-order valence-corrected chi connectivity index (χ0v) is 9.04. The van der Waals surface area contributed by atoms with E-state index in [0.29, 0.717) is 0 Å². The monoisotopic (exact) mass is 281 g/mol. The quantitative estimate of drug-likeness (QED) is 0.476. The number of nitrogens with two attached hydrogens (primary N) is 1. The molecule has 1 aromatic rings. The molecular weight excluding hydrogens is 269 g/mol. The van der Waals surface area contributed by atoms with Crippen molar-refractivity contribution in [2.24, 2.45) is 5.73 Å². The van der Waals surface area contributed by atoms with Gasteiger partial charge in [-0.25, -0.2) is 0 Å². The normalized spacial score (nSPS) is 32.8. The predicted octanol–water partition coefficient (Wildman–Crippen LogP) is -3.98. The fourth-order valence-corrected chi connectivity index (χ4v) is 1.50. The predicted molar refractivity (Wildman–Crippen MR) is 38.4 cm³/mol. The number of quaternary nitrogens is 1. The van der Waals surface area contributed by atoms with Crippen molar-refractivity contribution in [1.82, 2.24) is 5.16 Å². The van der Waals surface area contributed by atoms with Gasteiger partial charge in [0.25, 0.3) is 0 Å². The summed E-state index contributed by atoms with van der Waals surface area (Å²) in [6.45, 7) is 2.01. The molecular formula is C7H12IN3O. The van der Waals surface area contributed by atoms with E-state index >= 15 is 0 Å². The Kier molecular flexibility index (Phi) is 2.46. The van der Waals surface area contributed by atoms with Crippen LogP contribution in [0.5, 0.6) is 0 Å². The van der Waals surface area contributed by atoms with Gasteiger partial charge in [0.2, 0.25) is 0 Å². The van der Waals surface area contributed by atoms with E-state index in [-0.39, 0.29) is 35.6 Å². The molecule has 2 rings (SSSR count). The molecule has 1 aliphatic carbocycles. The molecule has 0 saturated heterocycles. The molecule has 0 bridgehead atoms. The Labute approximate surface area is 87.7 Å². The molecule has 12 heavy (non-hydrogen) atoms. The summed E-state index contributed by atoms with van der Waals surface area (Å²) in [6, 6.07) is 0.0800. The number of halogens is 1. The molecule has 0 aromatic carbocycles. The van der Waals surface area contributed by atoms with Gasteiger partial charge in [-0.2, -0.15) is 0 Å². The minimum atomic E-state index is -0.213. The number of aromatic nitrogens is 1. The second kappa shape index (κ2) is 2.97. The molecule has 0 spiro atoms. The summed E-state index contributed by atoms with van der Waals surface area (Å²) in [5, 5.41) is 3.85. The lowest BCUT2D eigenvalue weighted by Gasteiger charge is -2.18. The molecule has 0 amide bonds. The summed E-state index contributed by atoms with van der Waals surface area (Å²) in [7, 11) is 0. The van der Waals surface area contributed by atoms with Crippen molar-refractivity contribution in [2.75, 3.05) is 0 Å². The Bertz CT molecular complexity index is 284. The summed E-state index contributed by atoms with van der Waals surface area (Å²) in [5.41, 5.74) is 11.7. The zero-order valence-electron chi connectivity index (χ0n) is 6.88. The average Bonchev–Trinajstić information content (AvgIpc) is 2.41. The number of nitrogens with zero attached hydrogens (tertiary/aromatic N) is 1. The van der Waals surface area contributed by atoms with Crippen LogP contribution in [0.2, 0.25) is 0 Å². The molecule has 5 heteroatoms. The lowest BCUT2D eigenvalue weighted by atomic mass is 9.94.